The zero-order valence-electron chi connectivity index (χ0n) is 14.1. The molecule has 2 N–H and O–H groups in total. The molecular formula is C21H16N2O3. The lowest BCUT2D eigenvalue weighted by Gasteiger charge is -2.08. The molecule has 0 aliphatic heterocycles. The van der Waals surface area contributed by atoms with Crippen molar-refractivity contribution in [1.82, 2.24) is 9.97 Å². The van der Waals surface area contributed by atoms with Gasteiger partial charge in [-0.1, -0.05) is 48.5 Å². The maximum absolute atomic E-state index is 12.4. The van der Waals surface area contributed by atoms with Gasteiger partial charge in [0.2, 0.25) is 0 Å². The van der Waals surface area contributed by atoms with E-state index in [4.69, 9.17) is 4.74 Å². The second kappa shape index (κ2) is 6.37. The van der Waals surface area contributed by atoms with E-state index in [1.165, 1.54) is 13.2 Å². The summed E-state index contributed by atoms with van der Waals surface area (Å²) in [5, 5.41) is 10.2. The van der Waals surface area contributed by atoms with E-state index in [1.807, 2.05) is 54.6 Å². The van der Waals surface area contributed by atoms with E-state index in [0.29, 0.717) is 16.7 Å². The molecule has 0 spiro atoms. The summed E-state index contributed by atoms with van der Waals surface area (Å²) in [6, 6.07) is 20.7. The number of rotatable bonds is 3. The van der Waals surface area contributed by atoms with Gasteiger partial charge in [-0.25, -0.2) is 4.98 Å². The number of aromatic hydroxyl groups is 1. The van der Waals surface area contributed by atoms with Gasteiger partial charge in [-0.3, -0.25) is 4.79 Å². The summed E-state index contributed by atoms with van der Waals surface area (Å²) < 4.78 is 5.11. The van der Waals surface area contributed by atoms with Crippen LogP contribution in [-0.4, -0.2) is 22.2 Å². The van der Waals surface area contributed by atoms with Crippen LogP contribution in [0.3, 0.4) is 0 Å². The van der Waals surface area contributed by atoms with Crippen molar-refractivity contribution in [3.63, 3.8) is 0 Å². The molecule has 4 aromatic rings. The first-order valence-corrected chi connectivity index (χ1v) is 8.12. The fourth-order valence-corrected chi connectivity index (χ4v) is 2.93. The molecule has 3 aromatic carbocycles. The summed E-state index contributed by atoms with van der Waals surface area (Å²) in [5.41, 5.74) is 3.08. The quantitative estimate of drug-likeness (QED) is 0.590. The van der Waals surface area contributed by atoms with E-state index in [0.717, 1.165) is 16.7 Å². The van der Waals surface area contributed by atoms with Crippen molar-refractivity contribution in [2.24, 2.45) is 0 Å². The maximum Gasteiger partial charge on any atom is 0.259 e. The average molecular weight is 344 g/mol. The minimum atomic E-state index is -0.312. The van der Waals surface area contributed by atoms with Gasteiger partial charge in [0.15, 0.2) is 11.5 Å². The molecule has 0 bridgehead atoms. The number of fused-ring (bicyclic) bond motifs is 1. The smallest absolute Gasteiger partial charge is 0.259 e. The van der Waals surface area contributed by atoms with Gasteiger partial charge >= 0.3 is 0 Å². The zero-order chi connectivity index (χ0) is 18.1. The number of hydrogen-bond acceptors (Lipinski definition) is 4. The van der Waals surface area contributed by atoms with Crippen molar-refractivity contribution < 1.29 is 9.84 Å². The number of aromatic nitrogens is 2. The number of phenols is 1. The Balaban J connectivity index is 1.87. The molecule has 5 heteroatoms. The summed E-state index contributed by atoms with van der Waals surface area (Å²) in [5.74, 6) is 0.652. The molecule has 0 fully saturated rings. The largest absolute Gasteiger partial charge is 0.504 e. The second-order valence-corrected chi connectivity index (χ2v) is 5.90. The lowest BCUT2D eigenvalue weighted by Crippen LogP contribution is -2.09. The van der Waals surface area contributed by atoms with Gasteiger partial charge in [-0.05, 0) is 23.3 Å². The van der Waals surface area contributed by atoms with Crippen molar-refractivity contribution in [3.8, 4) is 34.0 Å². The Labute approximate surface area is 149 Å². The van der Waals surface area contributed by atoms with Crippen LogP contribution in [0.15, 0.2) is 71.5 Å². The van der Waals surface area contributed by atoms with Crippen LogP contribution in [0, 0.1) is 0 Å². The van der Waals surface area contributed by atoms with Gasteiger partial charge in [0.1, 0.15) is 5.82 Å². The van der Waals surface area contributed by atoms with Gasteiger partial charge in [0, 0.05) is 11.6 Å². The Morgan fingerprint density at radius 2 is 1.65 bits per heavy atom. The number of H-pyrrole nitrogens is 1. The number of nitrogens with one attached hydrogen (secondary N) is 1. The highest BCUT2D eigenvalue weighted by atomic mass is 16.5. The summed E-state index contributed by atoms with van der Waals surface area (Å²) in [7, 11) is 1.46. The van der Waals surface area contributed by atoms with Crippen LogP contribution in [0.2, 0.25) is 0 Å². The molecule has 0 atom stereocenters. The molecular weight excluding hydrogens is 328 g/mol. The van der Waals surface area contributed by atoms with Gasteiger partial charge in [-0.15, -0.1) is 0 Å². The molecule has 5 nitrogen and oxygen atoms in total. The third-order valence-corrected chi connectivity index (χ3v) is 4.25. The van der Waals surface area contributed by atoms with Gasteiger partial charge in [0.05, 0.1) is 18.0 Å². The van der Waals surface area contributed by atoms with Gasteiger partial charge in [0.25, 0.3) is 5.56 Å². The van der Waals surface area contributed by atoms with Crippen LogP contribution in [-0.2, 0) is 0 Å². The molecule has 0 amide bonds. The van der Waals surface area contributed by atoms with Crippen LogP contribution < -0.4 is 10.3 Å². The fourth-order valence-electron chi connectivity index (χ4n) is 2.93. The molecule has 0 radical (unpaired) electrons. The van der Waals surface area contributed by atoms with Crippen molar-refractivity contribution in [2.75, 3.05) is 7.11 Å². The number of hydrogen-bond donors (Lipinski definition) is 2. The highest BCUT2D eigenvalue weighted by molar-refractivity contribution is 5.83. The number of aromatic amines is 1. The van der Waals surface area contributed by atoms with Crippen LogP contribution in [0.1, 0.15) is 0 Å². The number of methoxy groups -OCH3 is 1. The van der Waals surface area contributed by atoms with Gasteiger partial charge < -0.3 is 14.8 Å². The van der Waals surface area contributed by atoms with Crippen molar-refractivity contribution in [3.05, 3.63) is 77.1 Å². The lowest BCUT2D eigenvalue weighted by atomic mass is 10.0. The lowest BCUT2D eigenvalue weighted by molar-refractivity contribution is 0.374. The monoisotopic (exact) mass is 344 g/mol. The first-order valence-electron chi connectivity index (χ1n) is 8.12. The highest BCUT2D eigenvalue weighted by Gasteiger charge is 2.11. The van der Waals surface area contributed by atoms with E-state index >= 15 is 0 Å². The molecule has 4 rings (SSSR count). The molecule has 0 aliphatic carbocycles. The number of benzene rings is 3. The standard InChI is InChI=1S/C21H16N2O3/c1-26-19-12-17-16(11-18(19)24)21(25)23-20(22-17)15-9-5-8-14(10-15)13-6-3-2-4-7-13/h2-12,24H,1H3,(H,22,23,25). The number of ether oxygens (including phenoxy) is 1. The van der Waals surface area contributed by atoms with Crippen molar-refractivity contribution in [2.45, 2.75) is 0 Å². The molecule has 0 saturated heterocycles. The average Bonchev–Trinajstić information content (AvgIpc) is 2.69. The summed E-state index contributed by atoms with van der Waals surface area (Å²) in [6.07, 6.45) is 0. The fraction of sp³-hybridized carbons (Fsp3) is 0.0476. The Hall–Kier alpha value is -3.60. The Morgan fingerprint density at radius 3 is 2.42 bits per heavy atom. The van der Waals surface area contributed by atoms with E-state index in [1.54, 1.807) is 6.07 Å². The van der Waals surface area contributed by atoms with Crippen LogP contribution in [0.4, 0.5) is 0 Å². The maximum atomic E-state index is 12.4. The predicted molar refractivity (Wildman–Crippen MR) is 101 cm³/mol. The topological polar surface area (TPSA) is 75.2 Å². The molecule has 26 heavy (non-hydrogen) atoms. The van der Waals surface area contributed by atoms with Crippen LogP contribution in [0.5, 0.6) is 11.5 Å². The molecule has 0 unspecified atom stereocenters. The van der Waals surface area contributed by atoms with Crippen LogP contribution >= 0.6 is 0 Å². The summed E-state index contributed by atoms with van der Waals surface area (Å²) in [4.78, 5) is 19.8. The second-order valence-electron chi connectivity index (χ2n) is 5.90. The van der Waals surface area contributed by atoms with E-state index in [-0.39, 0.29) is 17.1 Å². The number of phenolic OH excluding ortho intramolecular Hbond substituents is 1. The van der Waals surface area contributed by atoms with E-state index in [9.17, 15) is 9.90 Å². The Morgan fingerprint density at radius 1 is 0.923 bits per heavy atom. The highest BCUT2D eigenvalue weighted by Crippen LogP contribution is 2.30. The normalized spacial score (nSPS) is 10.8. The van der Waals surface area contributed by atoms with Crippen LogP contribution in [0.25, 0.3) is 33.4 Å². The number of nitrogens with zero attached hydrogens (tertiary/aromatic N) is 1. The third kappa shape index (κ3) is 2.80. The molecule has 0 aliphatic rings. The van der Waals surface area contributed by atoms with Crippen molar-refractivity contribution >= 4 is 10.9 Å². The predicted octanol–water partition coefficient (Wildman–Crippen LogP) is 3.97. The van der Waals surface area contributed by atoms with Gasteiger partial charge in [-0.2, -0.15) is 0 Å². The molecule has 0 saturated carbocycles. The van der Waals surface area contributed by atoms with E-state index in [2.05, 4.69) is 9.97 Å². The first-order chi connectivity index (χ1) is 12.7. The Kier molecular flexibility index (Phi) is 3.89. The SMILES string of the molecule is COc1cc2nc(-c3cccc(-c4ccccc4)c3)[nH]c(=O)c2cc1O. The molecule has 1 heterocycles. The summed E-state index contributed by atoms with van der Waals surface area (Å²) >= 11 is 0. The van der Waals surface area contributed by atoms with E-state index < -0.39 is 0 Å². The molecule has 1 aromatic heterocycles. The van der Waals surface area contributed by atoms with Crippen molar-refractivity contribution in [1.29, 1.82) is 0 Å². The first kappa shape index (κ1) is 15.9. The third-order valence-electron chi connectivity index (χ3n) is 4.25. The Bertz CT molecular complexity index is 1150. The molecule has 128 valence electrons. The minimum absolute atomic E-state index is 0.0916. The summed E-state index contributed by atoms with van der Waals surface area (Å²) in [6.45, 7) is 0. The zero-order valence-corrected chi connectivity index (χ0v) is 14.1. The minimum Gasteiger partial charge on any atom is -0.504 e.